The van der Waals surface area contributed by atoms with E-state index in [0.29, 0.717) is 6.04 Å². The molecule has 15 heavy (non-hydrogen) atoms. The summed E-state index contributed by atoms with van der Waals surface area (Å²) in [4.78, 5) is 2.35. The van der Waals surface area contributed by atoms with Crippen LogP contribution in [0.5, 0.6) is 0 Å². The molecule has 3 heteroatoms. The van der Waals surface area contributed by atoms with Crippen LogP contribution < -0.4 is 0 Å². The standard InChI is InChI=1S/C12H22N2O/c1-12(2,10-13)6-3-7-14(8-9-15)11-4-5-11/h11,15H,3-9H2,1-2H3. The lowest BCUT2D eigenvalue weighted by Gasteiger charge is -2.22. The van der Waals surface area contributed by atoms with E-state index >= 15 is 0 Å². The predicted molar refractivity (Wildman–Crippen MR) is 60.3 cm³/mol. The van der Waals surface area contributed by atoms with E-state index < -0.39 is 0 Å². The van der Waals surface area contributed by atoms with Gasteiger partial charge in [-0.15, -0.1) is 0 Å². The molecule has 1 aliphatic carbocycles. The van der Waals surface area contributed by atoms with Crippen LogP contribution in [0.4, 0.5) is 0 Å². The van der Waals surface area contributed by atoms with Crippen molar-refractivity contribution in [2.75, 3.05) is 19.7 Å². The quantitative estimate of drug-likeness (QED) is 0.696. The van der Waals surface area contributed by atoms with Gasteiger partial charge < -0.3 is 5.11 Å². The lowest BCUT2D eigenvalue weighted by molar-refractivity contribution is 0.183. The fourth-order valence-corrected chi connectivity index (χ4v) is 1.83. The van der Waals surface area contributed by atoms with E-state index in [1.54, 1.807) is 0 Å². The van der Waals surface area contributed by atoms with Crippen LogP contribution in [0.1, 0.15) is 39.5 Å². The summed E-state index contributed by atoms with van der Waals surface area (Å²) < 4.78 is 0. The van der Waals surface area contributed by atoms with E-state index in [-0.39, 0.29) is 12.0 Å². The number of aliphatic hydroxyl groups excluding tert-OH is 1. The van der Waals surface area contributed by atoms with Gasteiger partial charge >= 0.3 is 0 Å². The maximum absolute atomic E-state index is 8.92. The summed E-state index contributed by atoms with van der Waals surface area (Å²) in [7, 11) is 0. The maximum atomic E-state index is 8.92. The van der Waals surface area contributed by atoms with Gasteiger partial charge in [0.1, 0.15) is 0 Å². The van der Waals surface area contributed by atoms with Gasteiger partial charge in [0, 0.05) is 12.6 Å². The number of aliphatic hydroxyl groups is 1. The minimum Gasteiger partial charge on any atom is -0.395 e. The first-order valence-corrected chi connectivity index (χ1v) is 5.85. The molecule has 0 saturated heterocycles. The van der Waals surface area contributed by atoms with Crippen molar-refractivity contribution in [2.24, 2.45) is 5.41 Å². The zero-order valence-corrected chi connectivity index (χ0v) is 9.87. The van der Waals surface area contributed by atoms with E-state index in [9.17, 15) is 0 Å². The third kappa shape index (κ3) is 4.63. The normalized spacial score (nSPS) is 16.7. The molecule has 1 saturated carbocycles. The van der Waals surface area contributed by atoms with Gasteiger partial charge in [-0.1, -0.05) is 0 Å². The average molecular weight is 210 g/mol. The number of hydrogen-bond donors (Lipinski definition) is 1. The molecule has 1 aliphatic rings. The Morgan fingerprint density at radius 3 is 2.53 bits per heavy atom. The maximum Gasteiger partial charge on any atom is 0.0683 e. The zero-order valence-electron chi connectivity index (χ0n) is 9.87. The van der Waals surface area contributed by atoms with Gasteiger partial charge in [0.25, 0.3) is 0 Å². The second kappa shape index (κ2) is 5.48. The molecule has 0 bridgehead atoms. The fraction of sp³-hybridized carbons (Fsp3) is 0.917. The molecule has 0 amide bonds. The highest BCUT2D eigenvalue weighted by molar-refractivity contribution is 4.92. The van der Waals surface area contributed by atoms with Crippen LogP contribution in [0.3, 0.4) is 0 Å². The minimum atomic E-state index is -0.200. The fourth-order valence-electron chi connectivity index (χ4n) is 1.83. The van der Waals surface area contributed by atoms with E-state index in [1.165, 1.54) is 12.8 Å². The topological polar surface area (TPSA) is 47.3 Å². The molecular weight excluding hydrogens is 188 g/mol. The summed E-state index contributed by atoms with van der Waals surface area (Å²) in [5.41, 5.74) is -0.200. The summed E-state index contributed by atoms with van der Waals surface area (Å²) in [5, 5.41) is 17.8. The van der Waals surface area contributed by atoms with Crippen molar-refractivity contribution >= 4 is 0 Å². The molecule has 86 valence electrons. The van der Waals surface area contributed by atoms with E-state index in [1.807, 2.05) is 13.8 Å². The lowest BCUT2D eigenvalue weighted by Crippen LogP contribution is -2.30. The highest BCUT2D eigenvalue weighted by Crippen LogP contribution is 2.28. The van der Waals surface area contributed by atoms with Crippen LogP contribution >= 0.6 is 0 Å². The molecular formula is C12H22N2O. The van der Waals surface area contributed by atoms with Crippen molar-refractivity contribution < 1.29 is 5.11 Å². The molecule has 1 N–H and O–H groups in total. The van der Waals surface area contributed by atoms with Crippen molar-refractivity contribution in [1.82, 2.24) is 4.90 Å². The van der Waals surface area contributed by atoms with Crippen LogP contribution in [-0.4, -0.2) is 35.7 Å². The largest absolute Gasteiger partial charge is 0.395 e. The van der Waals surface area contributed by atoms with Crippen LogP contribution in [0.15, 0.2) is 0 Å². The molecule has 1 fully saturated rings. The van der Waals surface area contributed by atoms with Gasteiger partial charge in [0.15, 0.2) is 0 Å². The highest BCUT2D eigenvalue weighted by atomic mass is 16.3. The summed E-state index contributed by atoms with van der Waals surface area (Å²) >= 11 is 0. The average Bonchev–Trinajstić information content (AvgIpc) is 3.00. The van der Waals surface area contributed by atoms with E-state index in [4.69, 9.17) is 10.4 Å². The molecule has 0 aromatic rings. The van der Waals surface area contributed by atoms with Crippen molar-refractivity contribution in [1.29, 1.82) is 5.26 Å². The van der Waals surface area contributed by atoms with Crippen LogP contribution in [0, 0.1) is 16.7 Å². The highest BCUT2D eigenvalue weighted by Gasteiger charge is 2.28. The second-order valence-corrected chi connectivity index (χ2v) is 5.09. The summed E-state index contributed by atoms with van der Waals surface area (Å²) in [6, 6.07) is 3.03. The minimum absolute atomic E-state index is 0.200. The van der Waals surface area contributed by atoms with Crippen LogP contribution in [0.25, 0.3) is 0 Å². The summed E-state index contributed by atoms with van der Waals surface area (Å²) in [6.45, 7) is 6.03. The molecule has 0 aromatic carbocycles. The first-order valence-electron chi connectivity index (χ1n) is 5.85. The van der Waals surface area contributed by atoms with Gasteiger partial charge in [-0.2, -0.15) is 5.26 Å². The SMILES string of the molecule is CC(C)(C#N)CCCN(CCO)C1CC1. The molecule has 1 rings (SSSR count). The summed E-state index contributed by atoms with van der Waals surface area (Å²) in [6.07, 6.45) is 4.55. The van der Waals surface area contributed by atoms with Gasteiger partial charge in [-0.25, -0.2) is 0 Å². The Kier molecular flexibility index (Phi) is 4.56. The van der Waals surface area contributed by atoms with Gasteiger partial charge in [0.2, 0.25) is 0 Å². The molecule has 0 atom stereocenters. The smallest absolute Gasteiger partial charge is 0.0683 e. The molecule has 0 spiro atoms. The Morgan fingerprint density at radius 2 is 2.07 bits per heavy atom. The molecule has 0 heterocycles. The molecule has 0 unspecified atom stereocenters. The Morgan fingerprint density at radius 1 is 1.40 bits per heavy atom. The number of rotatable bonds is 7. The lowest BCUT2D eigenvalue weighted by atomic mass is 9.90. The molecule has 3 nitrogen and oxygen atoms in total. The van der Waals surface area contributed by atoms with Crippen molar-refractivity contribution in [2.45, 2.75) is 45.6 Å². The monoisotopic (exact) mass is 210 g/mol. The third-order valence-electron chi connectivity index (χ3n) is 3.00. The van der Waals surface area contributed by atoms with Gasteiger partial charge in [0.05, 0.1) is 18.1 Å². The van der Waals surface area contributed by atoms with Crippen molar-refractivity contribution in [3.8, 4) is 6.07 Å². The van der Waals surface area contributed by atoms with Crippen molar-refractivity contribution in [3.63, 3.8) is 0 Å². The number of nitrogens with zero attached hydrogens (tertiary/aromatic N) is 2. The van der Waals surface area contributed by atoms with Gasteiger partial charge in [-0.05, 0) is 46.1 Å². The summed E-state index contributed by atoms with van der Waals surface area (Å²) in [5.74, 6) is 0. The van der Waals surface area contributed by atoms with Crippen LogP contribution in [0.2, 0.25) is 0 Å². The zero-order chi connectivity index (χ0) is 11.3. The third-order valence-corrected chi connectivity index (χ3v) is 3.00. The Labute approximate surface area is 92.7 Å². The number of hydrogen-bond acceptors (Lipinski definition) is 3. The number of nitriles is 1. The van der Waals surface area contributed by atoms with Crippen LogP contribution in [-0.2, 0) is 0 Å². The first-order chi connectivity index (χ1) is 7.09. The Hall–Kier alpha value is -0.590. The molecule has 0 aliphatic heterocycles. The van der Waals surface area contributed by atoms with E-state index in [0.717, 1.165) is 25.9 Å². The Balaban J connectivity index is 2.19. The van der Waals surface area contributed by atoms with Crippen molar-refractivity contribution in [3.05, 3.63) is 0 Å². The van der Waals surface area contributed by atoms with E-state index in [2.05, 4.69) is 11.0 Å². The Bertz CT molecular complexity index is 228. The molecule has 0 aromatic heterocycles. The first kappa shape index (κ1) is 12.5. The molecule has 0 radical (unpaired) electrons. The second-order valence-electron chi connectivity index (χ2n) is 5.09. The predicted octanol–water partition coefficient (Wildman–Crippen LogP) is 1.77. The van der Waals surface area contributed by atoms with Gasteiger partial charge in [-0.3, -0.25) is 4.90 Å².